The van der Waals surface area contributed by atoms with Crippen molar-refractivity contribution in [2.75, 3.05) is 0 Å². The molecule has 20 heavy (non-hydrogen) atoms. The van der Waals surface area contributed by atoms with Crippen LogP contribution in [0.1, 0.15) is 17.3 Å². The minimum atomic E-state index is -0.608. The van der Waals surface area contributed by atoms with E-state index in [9.17, 15) is 4.79 Å². The normalized spacial score (nSPS) is 12.0. The largest absolute Gasteiger partial charge is 0.481 e. The summed E-state index contributed by atoms with van der Waals surface area (Å²) in [7, 11) is 0. The molecule has 5 heteroatoms. The van der Waals surface area contributed by atoms with Gasteiger partial charge in [0.25, 0.3) is 0 Å². The van der Waals surface area contributed by atoms with E-state index < -0.39 is 6.10 Å². The SMILES string of the molecule is CC(Oc1cc(Br)ccc1Cl)C(=O)c1ccc(Br)cc1. The standard InChI is InChI=1S/C15H11Br2ClO2/c1-9(15(19)10-2-4-11(16)5-3-10)20-14-8-12(17)6-7-13(14)18/h2-9H,1H3. The van der Waals surface area contributed by atoms with E-state index in [0.717, 1.165) is 8.95 Å². The zero-order chi connectivity index (χ0) is 14.7. The first kappa shape index (κ1) is 15.5. The second kappa shape index (κ2) is 6.74. The van der Waals surface area contributed by atoms with Crippen molar-refractivity contribution >= 4 is 49.2 Å². The second-order valence-electron chi connectivity index (χ2n) is 4.21. The Bertz CT molecular complexity index is 626. The summed E-state index contributed by atoms with van der Waals surface area (Å²) in [5, 5.41) is 0.476. The van der Waals surface area contributed by atoms with Crippen molar-refractivity contribution < 1.29 is 9.53 Å². The first-order valence-electron chi connectivity index (χ1n) is 5.89. The van der Waals surface area contributed by atoms with Crippen molar-refractivity contribution in [3.63, 3.8) is 0 Å². The van der Waals surface area contributed by atoms with Crippen LogP contribution < -0.4 is 4.74 Å². The third-order valence-corrected chi connectivity index (χ3v) is 4.03. The molecule has 0 aliphatic heterocycles. The van der Waals surface area contributed by atoms with E-state index in [1.807, 2.05) is 18.2 Å². The quantitative estimate of drug-likeness (QED) is 0.612. The van der Waals surface area contributed by atoms with Crippen molar-refractivity contribution in [3.05, 3.63) is 62.0 Å². The number of rotatable bonds is 4. The molecule has 0 aromatic heterocycles. The van der Waals surface area contributed by atoms with Crippen LogP contribution in [0.25, 0.3) is 0 Å². The Morgan fingerprint density at radius 2 is 1.70 bits per heavy atom. The minimum Gasteiger partial charge on any atom is -0.481 e. The van der Waals surface area contributed by atoms with Gasteiger partial charge in [0, 0.05) is 14.5 Å². The van der Waals surface area contributed by atoms with Crippen LogP contribution in [0.3, 0.4) is 0 Å². The monoisotopic (exact) mass is 416 g/mol. The lowest BCUT2D eigenvalue weighted by Gasteiger charge is -2.15. The Morgan fingerprint density at radius 1 is 1.10 bits per heavy atom. The van der Waals surface area contributed by atoms with Gasteiger partial charge < -0.3 is 4.74 Å². The van der Waals surface area contributed by atoms with Gasteiger partial charge in [0.15, 0.2) is 6.10 Å². The summed E-state index contributed by atoms with van der Waals surface area (Å²) in [6.07, 6.45) is -0.608. The van der Waals surface area contributed by atoms with E-state index in [4.69, 9.17) is 16.3 Å². The predicted octanol–water partition coefficient (Wildman–Crippen LogP) is 5.52. The average molecular weight is 419 g/mol. The number of hydrogen-bond acceptors (Lipinski definition) is 2. The van der Waals surface area contributed by atoms with Crippen LogP contribution in [0.15, 0.2) is 51.4 Å². The Balaban J connectivity index is 2.15. The predicted molar refractivity (Wildman–Crippen MR) is 87.7 cm³/mol. The average Bonchev–Trinajstić information content (AvgIpc) is 2.43. The van der Waals surface area contributed by atoms with E-state index in [-0.39, 0.29) is 5.78 Å². The Morgan fingerprint density at radius 3 is 2.35 bits per heavy atom. The molecule has 2 aromatic rings. The van der Waals surface area contributed by atoms with E-state index in [0.29, 0.717) is 16.3 Å². The Labute approximate surface area is 139 Å². The fourth-order valence-corrected chi connectivity index (χ4v) is 2.43. The molecule has 0 spiro atoms. The fraction of sp³-hybridized carbons (Fsp3) is 0.133. The third kappa shape index (κ3) is 3.84. The summed E-state index contributed by atoms with van der Waals surface area (Å²) < 4.78 is 7.42. The first-order valence-corrected chi connectivity index (χ1v) is 7.85. The molecule has 0 fully saturated rings. The van der Waals surface area contributed by atoms with Crippen LogP contribution in [0, 0.1) is 0 Å². The van der Waals surface area contributed by atoms with Gasteiger partial charge in [-0.2, -0.15) is 0 Å². The van der Waals surface area contributed by atoms with Gasteiger partial charge in [-0.1, -0.05) is 55.6 Å². The van der Waals surface area contributed by atoms with Gasteiger partial charge in [-0.3, -0.25) is 4.79 Å². The third-order valence-electron chi connectivity index (χ3n) is 2.69. The van der Waals surface area contributed by atoms with Gasteiger partial charge >= 0.3 is 0 Å². The number of carbonyl (C=O) groups excluding carboxylic acids is 1. The number of ketones is 1. The maximum absolute atomic E-state index is 12.3. The van der Waals surface area contributed by atoms with Crippen molar-refractivity contribution in [2.24, 2.45) is 0 Å². The topological polar surface area (TPSA) is 26.3 Å². The molecular weight excluding hydrogens is 407 g/mol. The molecule has 2 nitrogen and oxygen atoms in total. The first-order chi connectivity index (χ1) is 9.47. The van der Waals surface area contributed by atoms with Crippen LogP contribution in [-0.4, -0.2) is 11.9 Å². The molecule has 1 unspecified atom stereocenters. The number of halogens is 3. The molecule has 0 saturated carbocycles. The summed E-state index contributed by atoms with van der Waals surface area (Å²) in [6.45, 7) is 1.71. The molecule has 2 rings (SSSR count). The molecule has 0 aliphatic carbocycles. The molecule has 0 aliphatic rings. The molecule has 104 valence electrons. The van der Waals surface area contributed by atoms with Gasteiger partial charge in [0.2, 0.25) is 5.78 Å². The van der Waals surface area contributed by atoms with Crippen LogP contribution in [0.2, 0.25) is 5.02 Å². The van der Waals surface area contributed by atoms with Crippen molar-refractivity contribution in [2.45, 2.75) is 13.0 Å². The van der Waals surface area contributed by atoms with E-state index in [1.54, 1.807) is 31.2 Å². The lowest BCUT2D eigenvalue weighted by Crippen LogP contribution is -2.24. The summed E-state index contributed by atoms with van der Waals surface area (Å²) in [4.78, 5) is 12.3. The number of benzene rings is 2. The molecule has 0 amide bonds. The zero-order valence-electron chi connectivity index (χ0n) is 10.6. The van der Waals surface area contributed by atoms with Gasteiger partial charge in [0.05, 0.1) is 5.02 Å². The lowest BCUT2D eigenvalue weighted by molar-refractivity contribution is 0.0818. The molecule has 2 aromatic carbocycles. The minimum absolute atomic E-state index is 0.0893. The van der Waals surface area contributed by atoms with Gasteiger partial charge in [-0.15, -0.1) is 0 Å². The van der Waals surface area contributed by atoms with Crippen molar-refractivity contribution in [3.8, 4) is 5.75 Å². The molecular formula is C15H11Br2ClO2. The molecule has 0 heterocycles. The summed E-state index contributed by atoms with van der Waals surface area (Å²) in [6, 6.07) is 12.4. The van der Waals surface area contributed by atoms with E-state index in [2.05, 4.69) is 31.9 Å². The molecule has 0 saturated heterocycles. The second-order valence-corrected chi connectivity index (χ2v) is 6.44. The van der Waals surface area contributed by atoms with E-state index in [1.165, 1.54) is 0 Å². The number of Topliss-reactive ketones (excluding diaryl/α,β-unsaturated/α-hetero) is 1. The highest BCUT2D eigenvalue weighted by molar-refractivity contribution is 9.10. The highest BCUT2D eigenvalue weighted by Crippen LogP contribution is 2.29. The highest BCUT2D eigenvalue weighted by atomic mass is 79.9. The molecule has 1 atom stereocenters. The molecule has 0 bridgehead atoms. The Hall–Kier alpha value is -0.840. The van der Waals surface area contributed by atoms with Crippen LogP contribution in [-0.2, 0) is 0 Å². The Kier molecular flexibility index (Phi) is 5.24. The summed E-state index contributed by atoms with van der Waals surface area (Å²) in [5.41, 5.74) is 0.604. The number of ether oxygens (including phenoxy) is 1. The van der Waals surface area contributed by atoms with E-state index >= 15 is 0 Å². The number of hydrogen-bond donors (Lipinski definition) is 0. The molecule has 0 radical (unpaired) electrons. The smallest absolute Gasteiger partial charge is 0.202 e. The van der Waals surface area contributed by atoms with Crippen molar-refractivity contribution in [1.82, 2.24) is 0 Å². The van der Waals surface area contributed by atoms with Crippen LogP contribution >= 0.6 is 43.5 Å². The summed E-state index contributed by atoms with van der Waals surface area (Å²) >= 11 is 12.7. The fourth-order valence-electron chi connectivity index (χ4n) is 1.66. The summed E-state index contributed by atoms with van der Waals surface area (Å²) in [5.74, 6) is 0.396. The highest BCUT2D eigenvalue weighted by Gasteiger charge is 2.18. The lowest BCUT2D eigenvalue weighted by atomic mass is 10.1. The van der Waals surface area contributed by atoms with Gasteiger partial charge in [-0.05, 0) is 37.3 Å². The van der Waals surface area contributed by atoms with Crippen LogP contribution in [0.4, 0.5) is 0 Å². The molecule has 0 N–H and O–H groups in total. The van der Waals surface area contributed by atoms with Gasteiger partial charge in [0.1, 0.15) is 5.75 Å². The number of carbonyl (C=O) groups is 1. The van der Waals surface area contributed by atoms with Crippen molar-refractivity contribution in [1.29, 1.82) is 0 Å². The maximum Gasteiger partial charge on any atom is 0.202 e. The maximum atomic E-state index is 12.3. The zero-order valence-corrected chi connectivity index (χ0v) is 14.5. The van der Waals surface area contributed by atoms with Crippen LogP contribution in [0.5, 0.6) is 5.75 Å². The van der Waals surface area contributed by atoms with Gasteiger partial charge in [-0.25, -0.2) is 0 Å².